The first-order valence-electron chi connectivity index (χ1n) is 7.03. The largest absolute Gasteiger partial charge is 0.508 e. The van der Waals surface area contributed by atoms with Crippen molar-refractivity contribution < 1.29 is 9.90 Å². The molecule has 0 saturated carbocycles. The number of phenols is 1. The van der Waals surface area contributed by atoms with Gasteiger partial charge in [-0.1, -0.05) is 12.1 Å². The first kappa shape index (κ1) is 15.0. The highest BCUT2D eigenvalue weighted by atomic mass is 16.3. The number of carbonyl (C=O) groups excluding carboxylic acids is 1. The molecule has 21 heavy (non-hydrogen) atoms. The van der Waals surface area contributed by atoms with E-state index < -0.39 is 0 Å². The monoisotopic (exact) mass is 284 g/mol. The molecule has 0 unspecified atom stereocenters. The quantitative estimate of drug-likeness (QED) is 0.938. The maximum Gasteiger partial charge on any atom is 0.254 e. The van der Waals surface area contributed by atoms with Gasteiger partial charge >= 0.3 is 0 Å². The van der Waals surface area contributed by atoms with Crippen molar-refractivity contribution in [3.63, 3.8) is 0 Å². The van der Waals surface area contributed by atoms with Gasteiger partial charge in [0.05, 0.1) is 12.2 Å². The van der Waals surface area contributed by atoms with Crippen LogP contribution in [0.3, 0.4) is 0 Å². The molecule has 0 bridgehead atoms. The number of aromatic nitrogens is 1. The van der Waals surface area contributed by atoms with Gasteiger partial charge in [0.1, 0.15) is 5.75 Å². The van der Waals surface area contributed by atoms with Gasteiger partial charge in [0.25, 0.3) is 5.91 Å². The molecular weight excluding hydrogens is 264 g/mol. The average Bonchev–Trinajstić information content (AvgIpc) is 2.47. The zero-order valence-corrected chi connectivity index (χ0v) is 12.6. The van der Waals surface area contributed by atoms with E-state index >= 15 is 0 Å². The highest BCUT2D eigenvalue weighted by molar-refractivity contribution is 5.96. The van der Waals surface area contributed by atoms with Crippen molar-refractivity contribution >= 4 is 5.91 Å². The molecule has 0 aliphatic heterocycles. The number of carbonyl (C=O) groups is 1. The number of rotatable bonds is 4. The normalized spacial score (nSPS) is 10.4. The van der Waals surface area contributed by atoms with Crippen LogP contribution in [0.2, 0.25) is 0 Å². The molecule has 2 aromatic rings. The molecule has 0 saturated heterocycles. The van der Waals surface area contributed by atoms with Crippen molar-refractivity contribution in [2.24, 2.45) is 0 Å². The molecule has 0 aliphatic rings. The summed E-state index contributed by atoms with van der Waals surface area (Å²) in [7, 11) is 0. The molecule has 0 atom stereocenters. The minimum absolute atomic E-state index is 0.0887. The Kier molecular flexibility index (Phi) is 4.58. The minimum Gasteiger partial charge on any atom is -0.508 e. The van der Waals surface area contributed by atoms with Gasteiger partial charge in [0.15, 0.2) is 0 Å². The molecule has 1 amide bonds. The Labute approximate surface area is 125 Å². The van der Waals surface area contributed by atoms with E-state index in [4.69, 9.17) is 0 Å². The van der Waals surface area contributed by atoms with Gasteiger partial charge in [0, 0.05) is 23.4 Å². The number of nitrogens with zero attached hydrogens (tertiary/aromatic N) is 2. The van der Waals surface area contributed by atoms with E-state index in [1.165, 1.54) is 0 Å². The molecule has 4 nitrogen and oxygen atoms in total. The fourth-order valence-electron chi connectivity index (χ4n) is 2.24. The van der Waals surface area contributed by atoms with Crippen LogP contribution in [0, 0.1) is 13.8 Å². The number of benzene rings is 1. The van der Waals surface area contributed by atoms with Crippen LogP contribution in [-0.2, 0) is 6.54 Å². The summed E-state index contributed by atoms with van der Waals surface area (Å²) < 4.78 is 0. The number of pyridine rings is 1. The molecule has 1 aromatic heterocycles. The number of hydrogen-bond acceptors (Lipinski definition) is 3. The second-order valence-corrected chi connectivity index (χ2v) is 5.04. The Hall–Kier alpha value is -2.36. The van der Waals surface area contributed by atoms with E-state index in [9.17, 15) is 9.90 Å². The van der Waals surface area contributed by atoms with E-state index in [0.29, 0.717) is 24.2 Å². The molecule has 2 rings (SSSR count). The summed E-state index contributed by atoms with van der Waals surface area (Å²) in [4.78, 5) is 18.8. The summed E-state index contributed by atoms with van der Waals surface area (Å²) in [5, 5.41) is 9.75. The van der Waals surface area contributed by atoms with Crippen LogP contribution in [0.15, 0.2) is 36.4 Å². The summed E-state index contributed by atoms with van der Waals surface area (Å²) in [6.07, 6.45) is 0. The molecule has 0 spiro atoms. The summed E-state index contributed by atoms with van der Waals surface area (Å²) >= 11 is 0. The van der Waals surface area contributed by atoms with Gasteiger partial charge in [-0.2, -0.15) is 0 Å². The van der Waals surface area contributed by atoms with Crippen molar-refractivity contribution in [3.8, 4) is 5.75 Å². The molecule has 110 valence electrons. The van der Waals surface area contributed by atoms with Crippen LogP contribution < -0.4 is 0 Å². The maximum absolute atomic E-state index is 12.6. The molecule has 0 aliphatic carbocycles. The lowest BCUT2D eigenvalue weighted by molar-refractivity contribution is 0.0749. The fraction of sp³-hybridized carbons (Fsp3) is 0.294. The smallest absolute Gasteiger partial charge is 0.254 e. The molecule has 0 fully saturated rings. The number of aryl methyl sites for hydroxylation is 1. The van der Waals surface area contributed by atoms with Crippen LogP contribution >= 0.6 is 0 Å². The van der Waals surface area contributed by atoms with Crippen molar-refractivity contribution in [3.05, 3.63) is 58.9 Å². The number of phenolic OH excluding ortho intramolecular Hbond substituents is 1. The van der Waals surface area contributed by atoms with Crippen LogP contribution in [0.4, 0.5) is 0 Å². The number of amides is 1. The van der Waals surface area contributed by atoms with Crippen LogP contribution in [-0.4, -0.2) is 27.4 Å². The standard InChI is InChI=1S/C17H20N2O2/c1-4-19(11-14-8-5-7-12(2)18-14)17(21)15-9-6-10-16(20)13(15)3/h5-10,20H,4,11H2,1-3H3. The van der Waals surface area contributed by atoms with E-state index in [2.05, 4.69) is 4.98 Å². The number of aromatic hydroxyl groups is 1. The van der Waals surface area contributed by atoms with Gasteiger partial charge in [-0.05, 0) is 45.0 Å². The second-order valence-electron chi connectivity index (χ2n) is 5.04. The summed E-state index contributed by atoms with van der Waals surface area (Å²) in [5.41, 5.74) is 2.94. The van der Waals surface area contributed by atoms with Crippen molar-refractivity contribution in [1.29, 1.82) is 0 Å². The predicted molar refractivity (Wildman–Crippen MR) is 82.2 cm³/mol. The van der Waals surface area contributed by atoms with E-state index in [0.717, 1.165) is 11.4 Å². The fourth-order valence-corrected chi connectivity index (χ4v) is 2.24. The van der Waals surface area contributed by atoms with Gasteiger partial charge < -0.3 is 10.0 Å². The van der Waals surface area contributed by atoms with E-state index in [1.807, 2.05) is 32.0 Å². The van der Waals surface area contributed by atoms with E-state index in [-0.39, 0.29) is 11.7 Å². The van der Waals surface area contributed by atoms with Crippen molar-refractivity contribution in [1.82, 2.24) is 9.88 Å². The third-order valence-corrected chi connectivity index (χ3v) is 3.50. The molecule has 1 aromatic carbocycles. The molecular formula is C17H20N2O2. The lowest BCUT2D eigenvalue weighted by atomic mass is 10.1. The summed E-state index contributed by atoms with van der Waals surface area (Å²) in [6, 6.07) is 10.8. The Balaban J connectivity index is 2.25. The van der Waals surface area contributed by atoms with Gasteiger partial charge in [-0.3, -0.25) is 9.78 Å². The predicted octanol–water partition coefficient (Wildman–Crippen LogP) is 3.07. The third kappa shape index (κ3) is 3.40. The average molecular weight is 284 g/mol. The highest BCUT2D eigenvalue weighted by Crippen LogP contribution is 2.21. The van der Waals surface area contributed by atoms with Crippen LogP contribution in [0.25, 0.3) is 0 Å². The molecule has 0 radical (unpaired) electrons. The SMILES string of the molecule is CCN(Cc1cccc(C)n1)C(=O)c1cccc(O)c1C. The van der Waals surface area contributed by atoms with E-state index in [1.54, 1.807) is 30.0 Å². The Morgan fingerprint density at radius 2 is 1.90 bits per heavy atom. The van der Waals surface area contributed by atoms with Gasteiger partial charge in [-0.25, -0.2) is 0 Å². The van der Waals surface area contributed by atoms with Crippen LogP contribution in [0.5, 0.6) is 5.75 Å². The van der Waals surface area contributed by atoms with Crippen molar-refractivity contribution in [2.45, 2.75) is 27.3 Å². The maximum atomic E-state index is 12.6. The minimum atomic E-state index is -0.0887. The lowest BCUT2D eigenvalue weighted by Gasteiger charge is -2.22. The zero-order valence-electron chi connectivity index (χ0n) is 12.6. The Morgan fingerprint density at radius 3 is 2.57 bits per heavy atom. The third-order valence-electron chi connectivity index (χ3n) is 3.50. The second kappa shape index (κ2) is 6.39. The molecule has 4 heteroatoms. The Morgan fingerprint density at radius 1 is 1.19 bits per heavy atom. The van der Waals surface area contributed by atoms with Crippen LogP contribution in [0.1, 0.15) is 34.2 Å². The van der Waals surface area contributed by atoms with Gasteiger partial charge in [0.2, 0.25) is 0 Å². The highest BCUT2D eigenvalue weighted by Gasteiger charge is 2.18. The lowest BCUT2D eigenvalue weighted by Crippen LogP contribution is -2.31. The molecule has 1 N–H and O–H groups in total. The zero-order chi connectivity index (χ0) is 15.4. The molecule has 1 heterocycles. The van der Waals surface area contributed by atoms with Gasteiger partial charge in [-0.15, -0.1) is 0 Å². The Bertz CT molecular complexity index is 653. The summed E-state index contributed by atoms with van der Waals surface area (Å²) in [5.74, 6) is 0.0554. The number of hydrogen-bond donors (Lipinski definition) is 1. The summed E-state index contributed by atoms with van der Waals surface area (Å²) in [6.45, 7) is 6.67. The first-order valence-corrected chi connectivity index (χ1v) is 7.03. The van der Waals surface area contributed by atoms with Crippen molar-refractivity contribution in [2.75, 3.05) is 6.54 Å². The topological polar surface area (TPSA) is 53.4 Å². The first-order chi connectivity index (χ1) is 10.0.